The van der Waals surface area contributed by atoms with Gasteiger partial charge in [-0.15, -0.1) is 6.58 Å². The first-order chi connectivity index (χ1) is 12.4. The average Bonchev–Trinajstić information content (AvgIpc) is 2.70. The van der Waals surface area contributed by atoms with Crippen molar-refractivity contribution >= 4 is 28.9 Å². The van der Waals surface area contributed by atoms with Gasteiger partial charge in [-0.2, -0.15) is 0 Å². The van der Waals surface area contributed by atoms with Crippen molar-refractivity contribution in [2.24, 2.45) is 4.99 Å². The summed E-state index contributed by atoms with van der Waals surface area (Å²) in [4.78, 5) is 19.4. The Balaban J connectivity index is 2.16. The fraction of sp³-hybridized carbons (Fsp3) is 0.238. The zero-order valence-corrected chi connectivity index (χ0v) is 15.6. The van der Waals surface area contributed by atoms with E-state index in [1.165, 1.54) is 0 Å². The van der Waals surface area contributed by atoms with Gasteiger partial charge >= 0.3 is 0 Å². The molecule has 1 aliphatic heterocycles. The highest BCUT2D eigenvalue weighted by atomic mass is 35.5. The predicted molar refractivity (Wildman–Crippen MR) is 106 cm³/mol. The number of carbonyl (C=O) groups excluding carboxylic acids is 1. The maximum atomic E-state index is 13.0. The smallest absolute Gasteiger partial charge is 0.251 e. The highest BCUT2D eigenvalue weighted by Gasteiger charge is 2.29. The number of rotatable bonds is 4. The summed E-state index contributed by atoms with van der Waals surface area (Å²) in [6.45, 7) is 5.87. The lowest BCUT2D eigenvalue weighted by molar-refractivity contribution is -0.119. The summed E-state index contributed by atoms with van der Waals surface area (Å²) in [5.41, 5.74) is 4.12. The molecule has 1 aliphatic rings. The first kappa shape index (κ1) is 18.2. The molecule has 0 spiro atoms. The topological polar surface area (TPSA) is 52.9 Å². The van der Waals surface area contributed by atoms with Gasteiger partial charge < -0.3 is 10.0 Å². The minimum atomic E-state index is -0.494. The number of benzene rings is 2. The molecule has 1 atom stereocenters. The quantitative estimate of drug-likeness (QED) is 0.803. The number of aliphatic imine (C=N–C) groups is 1. The number of nitrogens with zero attached hydrogens (tertiary/aromatic N) is 2. The van der Waals surface area contributed by atoms with Gasteiger partial charge in [0.1, 0.15) is 11.8 Å². The average molecular weight is 369 g/mol. The molecule has 0 saturated heterocycles. The summed E-state index contributed by atoms with van der Waals surface area (Å²) >= 11 is 6.22. The largest absolute Gasteiger partial charge is 0.508 e. The maximum absolute atomic E-state index is 13.0. The van der Waals surface area contributed by atoms with E-state index in [0.29, 0.717) is 17.2 Å². The van der Waals surface area contributed by atoms with Gasteiger partial charge in [0.05, 0.1) is 11.4 Å². The predicted octanol–water partition coefficient (Wildman–Crippen LogP) is 4.58. The number of phenolic OH excluding ortho intramolecular Hbond substituents is 1. The summed E-state index contributed by atoms with van der Waals surface area (Å²) in [6, 6.07) is 11.8. The van der Waals surface area contributed by atoms with E-state index in [1.807, 2.05) is 19.1 Å². The number of halogens is 1. The van der Waals surface area contributed by atoms with E-state index in [4.69, 9.17) is 16.6 Å². The minimum absolute atomic E-state index is 0.0522. The Labute approximate surface area is 158 Å². The SMILES string of the molecule is C=C(C)CCC1N=C(c2ccc(O)cc2)c2cc(Cl)ccc2N(C)C1=O. The zero-order chi connectivity index (χ0) is 18.8. The molecule has 1 heterocycles. The summed E-state index contributed by atoms with van der Waals surface area (Å²) in [6.07, 6.45) is 1.33. The molecule has 2 aromatic rings. The summed E-state index contributed by atoms with van der Waals surface area (Å²) < 4.78 is 0. The lowest BCUT2D eigenvalue weighted by Gasteiger charge is -2.20. The number of amides is 1. The highest BCUT2D eigenvalue weighted by molar-refractivity contribution is 6.32. The van der Waals surface area contributed by atoms with Crippen molar-refractivity contribution in [3.63, 3.8) is 0 Å². The third kappa shape index (κ3) is 3.65. The Morgan fingerprint density at radius 1 is 1.27 bits per heavy atom. The van der Waals surface area contributed by atoms with E-state index in [-0.39, 0.29) is 11.7 Å². The van der Waals surface area contributed by atoms with Crippen LogP contribution < -0.4 is 4.90 Å². The molecule has 2 aromatic carbocycles. The van der Waals surface area contributed by atoms with Gasteiger partial charge in [-0.05, 0) is 62.2 Å². The fourth-order valence-corrected chi connectivity index (χ4v) is 3.21. The molecule has 0 bridgehead atoms. The van der Waals surface area contributed by atoms with E-state index in [1.54, 1.807) is 42.3 Å². The van der Waals surface area contributed by atoms with Crippen LogP contribution in [0.5, 0.6) is 5.75 Å². The van der Waals surface area contributed by atoms with E-state index >= 15 is 0 Å². The van der Waals surface area contributed by atoms with Crippen LogP contribution in [-0.2, 0) is 4.79 Å². The third-order valence-corrected chi connectivity index (χ3v) is 4.70. The van der Waals surface area contributed by atoms with Crippen LogP contribution in [0.25, 0.3) is 0 Å². The molecule has 0 fully saturated rings. The van der Waals surface area contributed by atoms with Gasteiger partial charge in [0.2, 0.25) is 0 Å². The number of fused-ring (bicyclic) bond motifs is 1. The van der Waals surface area contributed by atoms with Crippen molar-refractivity contribution < 1.29 is 9.90 Å². The second-order valence-corrected chi connectivity index (χ2v) is 7.03. The molecule has 1 amide bonds. The van der Waals surface area contributed by atoms with Crippen molar-refractivity contribution in [2.75, 3.05) is 11.9 Å². The van der Waals surface area contributed by atoms with Gasteiger partial charge in [0, 0.05) is 23.2 Å². The van der Waals surface area contributed by atoms with Crippen molar-refractivity contribution in [3.8, 4) is 5.75 Å². The summed E-state index contributed by atoms with van der Waals surface area (Å²) in [7, 11) is 1.76. The van der Waals surface area contributed by atoms with Gasteiger partial charge in [0.15, 0.2) is 0 Å². The van der Waals surface area contributed by atoms with Crippen LogP contribution in [0.2, 0.25) is 5.02 Å². The second kappa shape index (κ2) is 7.34. The molecule has 1 unspecified atom stereocenters. The summed E-state index contributed by atoms with van der Waals surface area (Å²) in [5, 5.41) is 10.2. The number of likely N-dealkylation sites (N-methyl/N-ethyl adjacent to an activating group) is 1. The van der Waals surface area contributed by atoms with Crippen LogP contribution in [0.1, 0.15) is 30.9 Å². The Bertz CT molecular complexity index is 887. The Morgan fingerprint density at radius 3 is 2.62 bits per heavy atom. The highest BCUT2D eigenvalue weighted by Crippen LogP contribution is 2.31. The standard InChI is InChI=1S/C21H21ClN2O2/c1-13(2)4-10-18-21(26)24(3)19-11-7-15(22)12-17(19)20(23-18)14-5-8-16(25)9-6-14/h5-9,11-12,18,25H,1,4,10H2,2-3H3. The van der Waals surface area contributed by atoms with Crippen LogP contribution >= 0.6 is 11.6 Å². The Kier molecular flexibility index (Phi) is 5.14. The van der Waals surface area contributed by atoms with E-state index in [2.05, 4.69) is 6.58 Å². The van der Waals surface area contributed by atoms with Crippen molar-refractivity contribution in [3.05, 3.63) is 70.8 Å². The monoisotopic (exact) mass is 368 g/mol. The number of carbonyl (C=O) groups is 1. The Morgan fingerprint density at radius 2 is 1.96 bits per heavy atom. The molecule has 4 nitrogen and oxygen atoms in total. The van der Waals surface area contributed by atoms with Crippen LogP contribution in [0, 0.1) is 0 Å². The zero-order valence-electron chi connectivity index (χ0n) is 14.9. The van der Waals surface area contributed by atoms with Gasteiger partial charge in [0.25, 0.3) is 5.91 Å². The lowest BCUT2D eigenvalue weighted by Crippen LogP contribution is -2.34. The van der Waals surface area contributed by atoms with Gasteiger partial charge in [-0.1, -0.05) is 17.2 Å². The van der Waals surface area contributed by atoms with E-state index in [9.17, 15) is 9.90 Å². The molecule has 0 radical (unpaired) electrons. The molecule has 0 aliphatic carbocycles. The van der Waals surface area contributed by atoms with Gasteiger partial charge in [-0.25, -0.2) is 0 Å². The number of hydrogen-bond acceptors (Lipinski definition) is 3. The number of phenols is 1. The first-order valence-electron chi connectivity index (χ1n) is 8.46. The molecule has 134 valence electrons. The van der Waals surface area contributed by atoms with E-state index < -0.39 is 6.04 Å². The van der Waals surface area contributed by atoms with Crippen LogP contribution in [-0.4, -0.2) is 29.8 Å². The maximum Gasteiger partial charge on any atom is 0.251 e. The third-order valence-electron chi connectivity index (χ3n) is 4.46. The molecule has 0 saturated carbocycles. The van der Waals surface area contributed by atoms with Crippen LogP contribution in [0.4, 0.5) is 5.69 Å². The van der Waals surface area contributed by atoms with Gasteiger partial charge in [-0.3, -0.25) is 9.79 Å². The number of anilines is 1. The molecular formula is C21H21ClN2O2. The summed E-state index contributed by atoms with van der Waals surface area (Å²) in [5.74, 6) is 0.130. The van der Waals surface area contributed by atoms with E-state index in [0.717, 1.165) is 28.8 Å². The molecule has 3 rings (SSSR count). The number of aromatic hydroxyl groups is 1. The van der Waals surface area contributed by atoms with Crippen molar-refractivity contribution in [1.82, 2.24) is 0 Å². The van der Waals surface area contributed by atoms with Crippen molar-refractivity contribution in [1.29, 1.82) is 0 Å². The number of allylic oxidation sites excluding steroid dienone is 1. The van der Waals surface area contributed by atoms with Crippen molar-refractivity contribution in [2.45, 2.75) is 25.8 Å². The number of benzodiazepines with no additional fused rings is 1. The molecule has 0 aromatic heterocycles. The first-order valence-corrected chi connectivity index (χ1v) is 8.83. The fourth-order valence-electron chi connectivity index (χ4n) is 3.03. The number of hydrogen-bond donors (Lipinski definition) is 1. The molecule has 5 heteroatoms. The molecular weight excluding hydrogens is 348 g/mol. The molecule has 1 N–H and O–H groups in total. The van der Waals surface area contributed by atoms with Crippen LogP contribution in [0.3, 0.4) is 0 Å². The minimum Gasteiger partial charge on any atom is -0.508 e. The second-order valence-electron chi connectivity index (χ2n) is 6.59. The molecule has 26 heavy (non-hydrogen) atoms. The van der Waals surface area contributed by atoms with Crippen LogP contribution in [0.15, 0.2) is 59.6 Å². The normalized spacial score (nSPS) is 16.7. The lowest BCUT2D eigenvalue weighted by atomic mass is 10.00. The Hall–Kier alpha value is -2.59.